The van der Waals surface area contributed by atoms with Gasteiger partial charge in [0.05, 0.1) is 6.20 Å². The molecule has 0 fully saturated rings. The number of halogens is 1. The van der Waals surface area contributed by atoms with Crippen LogP contribution in [-0.4, -0.2) is 25.8 Å². The van der Waals surface area contributed by atoms with Gasteiger partial charge >= 0.3 is 0 Å². The summed E-state index contributed by atoms with van der Waals surface area (Å²) in [6, 6.07) is 3.55. The van der Waals surface area contributed by atoms with Crippen molar-refractivity contribution in [1.29, 1.82) is 0 Å². The Morgan fingerprint density at radius 3 is 3.06 bits per heavy atom. The molecule has 0 unspecified atom stereocenters. The largest absolute Gasteiger partial charge is 0.285 e. The highest BCUT2D eigenvalue weighted by Crippen LogP contribution is 2.16. The SMILES string of the molecule is CCCn1nncc1C(=O)c1ncccc1Br. The first-order valence-electron chi connectivity index (χ1n) is 5.27. The monoisotopic (exact) mass is 294 g/mol. The Bertz CT molecular complexity index is 538. The Morgan fingerprint density at radius 2 is 2.35 bits per heavy atom. The zero-order valence-electron chi connectivity index (χ0n) is 9.30. The highest BCUT2D eigenvalue weighted by molar-refractivity contribution is 9.10. The minimum Gasteiger partial charge on any atom is -0.285 e. The van der Waals surface area contributed by atoms with E-state index in [9.17, 15) is 4.79 Å². The molecule has 0 atom stereocenters. The van der Waals surface area contributed by atoms with Crippen molar-refractivity contribution in [2.45, 2.75) is 19.9 Å². The van der Waals surface area contributed by atoms with Crippen LogP contribution in [0, 0.1) is 0 Å². The van der Waals surface area contributed by atoms with Crippen LogP contribution in [0.3, 0.4) is 0 Å². The molecule has 0 aliphatic rings. The molecule has 0 radical (unpaired) electrons. The van der Waals surface area contributed by atoms with E-state index in [2.05, 4.69) is 31.2 Å². The summed E-state index contributed by atoms with van der Waals surface area (Å²) in [5.41, 5.74) is 0.846. The number of aryl methyl sites for hydroxylation is 1. The molecule has 88 valence electrons. The number of aromatic nitrogens is 4. The molecule has 0 saturated carbocycles. The van der Waals surface area contributed by atoms with Gasteiger partial charge < -0.3 is 0 Å². The van der Waals surface area contributed by atoms with E-state index in [0.717, 1.165) is 6.42 Å². The van der Waals surface area contributed by atoms with Crippen LogP contribution in [0.5, 0.6) is 0 Å². The summed E-state index contributed by atoms with van der Waals surface area (Å²) in [6.07, 6.45) is 3.96. The Hall–Kier alpha value is -1.56. The van der Waals surface area contributed by atoms with Crippen LogP contribution in [0.2, 0.25) is 0 Å². The van der Waals surface area contributed by atoms with E-state index in [4.69, 9.17) is 0 Å². The van der Waals surface area contributed by atoms with Crippen LogP contribution in [0.25, 0.3) is 0 Å². The summed E-state index contributed by atoms with van der Waals surface area (Å²) in [7, 11) is 0. The molecule has 2 rings (SSSR count). The number of carbonyl (C=O) groups excluding carboxylic acids is 1. The average Bonchev–Trinajstić information content (AvgIpc) is 2.78. The number of rotatable bonds is 4. The second-order valence-electron chi connectivity index (χ2n) is 3.51. The Kier molecular flexibility index (Phi) is 3.63. The normalized spacial score (nSPS) is 10.5. The molecular weight excluding hydrogens is 284 g/mol. The van der Waals surface area contributed by atoms with Gasteiger partial charge in [-0.3, -0.25) is 9.78 Å². The third-order valence-corrected chi connectivity index (χ3v) is 2.90. The topological polar surface area (TPSA) is 60.7 Å². The van der Waals surface area contributed by atoms with Gasteiger partial charge in [0.1, 0.15) is 11.4 Å². The minimum atomic E-state index is -0.170. The van der Waals surface area contributed by atoms with Crippen LogP contribution in [-0.2, 0) is 6.54 Å². The molecule has 0 spiro atoms. The second kappa shape index (κ2) is 5.18. The molecular formula is C11H11BrN4O. The lowest BCUT2D eigenvalue weighted by molar-refractivity contribution is 0.102. The van der Waals surface area contributed by atoms with E-state index in [1.54, 1.807) is 23.0 Å². The number of nitrogens with zero attached hydrogens (tertiary/aromatic N) is 4. The summed E-state index contributed by atoms with van der Waals surface area (Å²) >= 11 is 3.31. The molecule has 17 heavy (non-hydrogen) atoms. The first-order valence-corrected chi connectivity index (χ1v) is 6.07. The average molecular weight is 295 g/mol. The van der Waals surface area contributed by atoms with Crippen LogP contribution in [0.4, 0.5) is 0 Å². The Morgan fingerprint density at radius 1 is 1.53 bits per heavy atom. The number of ketones is 1. The number of hydrogen-bond acceptors (Lipinski definition) is 4. The van der Waals surface area contributed by atoms with Crippen molar-refractivity contribution < 1.29 is 4.79 Å². The van der Waals surface area contributed by atoms with Gasteiger partial charge in [-0.15, -0.1) is 5.10 Å². The molecule has 2 heterocycles. The molecule has 0 amide bonds. The molecule has 0 bridgehead atoms. The molecule has 0 N–H and O–H groups in total. The van der Waals surface area contributed by atoms with Crippen molar-refractivity contribution in [3.8, 4) is 0 Å². The van der Waals surface area contributed by atoms with Gasteiger partial charge in [0.2, 0.25) is 5.78 Å². The smallest absolute Gasteiger partial charge is 0.232 e. The summed E-state index contributed by atoms with van der Waals surface area (Å²) < 4.78 is 2.28. The first kappa shape index (κ1) is 11.9. The van der Waals surface area contributed by atoms with E-state index >= 15 is 0 Å². The van der Waals surface area contributed by atoms with Crippen LogP contribution >= 0.6 is 15.9 Å². The van der Waals surface area contributed by atoms with Gasteiger partial charge in [0, 0.05) is 17.2 Å². The molecule has 2 aromatic rings. The van der Waals surface area contributed by atoms with E-state index in [1.165, 1.54) is 6.20 Å². The van der Waals surface area contributed by atoms with Gasteiger partial charge in [-0.05, 0) is 34.5 Å². The van der Waals surface area contributed by atoms with Gasteiger partial charge in [-0.1, -0.05) is 12.1 Å². The molecule has 0 aliphatic heterocycles. The van der Waals surface area contributed by atoms with E-state index in [0.29, 0.717) is 22.4 Å². The van der Waals surface area contributed by atoms with Gasteiger partial charge in [0.25, 0.3) is 0 Å². The standard InChI is InChI=1S/C11H11BrN4O/c1-2-6-16-9(7-14-15-16)11(17)10-8(12)4-3-5-13-10/h3-5,7H,2,6H2,1H3. The molecule has 5 nitrogen and oxygen atoms in total. The maximum Gasteiger partial charge on any atom is 0.232 e. The lowest BCUT2D eigenvalue weighted by atomic mass is 10.2. The third-order valence-electron chi connectivity index (χ3n) is 2.26. The zero-order valence-corrected chi connectivity index (χ0v) is 10.9. The Balaban J connectivity index is 2.37. The van der Waals surface area contributed by atoms with Crippen LogP contribution in [0.15, 0.2) is 29.0 Å². The summed E-state index contributed by atoms with van der Waals surface area (Å²) in [4.78, 5) is 16.3. The second-order valence-corrected chi connectivity index (χ2v) is 4.36. The van der Waals surface area contributed by atoms with Gasteiger partial charge in [0.15, 0.2) is 0 Å². The maximum absolute atomic E-state index is 12.2. The van der Waals surface area contributed by atoms with Crippen molar-refractivity contribution in [2.75, 3.05) is 0 Å². The fourth-order valence-electron chi connectivity index (χ4n) is 1.48. The fraction of sp³-hybridized carbons (Fsp3) is 0.273. The molecule has 6 heteroatoms. The van der Waals surface area contributed by atoms with Crippen molar-refractivity contribution in [3.63, 3.8) is 0 Å². The zero-order chi connectivity index (χ0) is 12.3. The van der Waals surface area contributed by atoms with E-state index < -0.39 is 0 Å². The van der Waals surface area contributed by atoms with Gasteiger partial charge in [-0.25, -0.2) is 4.68 Å². The number of hydrogen-bond donors (Lipinski definition) is 0. The van der Waals surface area contributed by atoms with Crippen molar-refractivity contribution in [2.24, 2.45) is 0 Å². The predicted octanol–water partition coefficient (Wildman–Crippen LogP) is 2.08. The lowest BCUT2D eigenvalue weighted by Gasteiger charge is -2.04. The summed E-state index contributed by atoms with van der Waals surface area (Å²) in [5, 5.41) is 7.65. The van der Waals surface area contributed by atoms with E-state index in [-0.39, 0.29) is 5.78 Å². The maximum atomic E-state index is 12.2. The Labute approximate surface area is 107 Å². The fourth-order valence-corrected chi connectivity index (χ4v) is 1.92. The molecule has 2 aromatic heterocycles. The van der Waals surface area contributed by atoms with Crippen molar-refractivity contribution in [3.05, 3.63) is 40.4 Å². The van der Waals surface area contributed by atoms with E-state index in [1.807, 2.05) is 6.92 Å². The molecule has 0 aliphatic carbocycles. The van der Waals surface area contributed by atoms with Crippen molar-refractivity contribution in [1.82, 2.24) is 20.0 Å². The summed E-state index contributed by atoms with van der Waals surface area (Å²) in [6.45, 7) is 2.69. The third kappa shape index (κ3) is 2.41. The first-order chi connectivity index (χ1) is 8.24. The number of pyridine rings is 1. The van der Waals surface area contributed by atoms with Crippen LogP contribution in [0.1, 0.15) is 29.5 Å². The van der Waals surface area contributed by atoms with Crippen molar-refractivity contribution >= 4 is 21.7 Å². The quantitative estimate of drug-likeness (QED) is 0.810. The van der Waals surface area contributed by atoms with Crippen LogP contribution < -0.4 is 0 Å². The predicted molar refractivity (Wildman–Crippen MR) is 65.7 cm³/mol. The number of carbonyl (C=O) groups is 1. The van der Waals surface area contributed by atoms with Gasteiger partial charge in [-0.2, -0.15) is 0 Å². The summed E-state index contributed by atoms with van der Waals surface area (Å²) in [5.74, 6) is -0.170. The highest BCUT2D eigenvalue weighted by atomic mass is 79.9. The lowest BCUT2D eigenvalue weighted by Crippen LogP contribution is -2.13. The molecule has 0 saturated heterocycles. The highest BCUT2D eigenvalue weighted by Gasteiger charge is 2.18. The molecule has 0 aromatic carbocycles. The minimum absolute atomic E-state index is 0.170.